The number of hydrogen-bond acceptors (Lipinski definition) is 3. The first kappa shape index (κ1) is 12.2. The van der Waals surface area contributed by atoms with E-state index in [4.69, 9.17) is 16.3 Å². The van der Waals surface area contributed by atoms with Gasteiger partial charge in [-0.2, -0.15) is 0 Å². The van der Waals surface area contributed by atoms with E-state index in [2.05, 4.69) is 10.3 Å². The lowest BCUT2D eigenvalue weighted by Gasteiger charge is -2.12. The first-order valence-corrected chi connectivity index (χ1v) is 6.31. The number of nitrogens with one attached hydrogen (secondary N) is 1. The highest BCUT2D eigenvalue weighted by Gasteiger charge is 2.08. The van der Waals surface area contributed by atoms with Crippen molar-refractivity contribution in [2.24, 2.45) is 4.99 Å². The van der Waals surface area contributed by atoms with Gasteiger partial charge < -0.3 is 10.1 Å². The Morgan fingerprint density at radius 1 is 1.29 bits per heavy atom. The molecule has 0 aromatic heterocycles. The summed E-state index contributed by atoms with van der Waals surface area (Å²) < 4.78 is 5.30. The van der Waals surface area contributed by atoms with Gasteiger partial charge in [-0.05, 0) is 31.0 Å². The average molecular weight is 253 g/mol. The van der Waals surface area contributed by atoms with E-state index in [1.807, 2.05) is 18.2 Å². The number of hydrogen-bond donors (Lipinski definition) is 1. The minimum atomic E-state index is 0.697. The number of nitrogens with zero attached hydrogens (tertiary/aromatic N) is 1. The van der Waals surface area contributed by atoms with E-state index in [1.165, 1.54) is 19.3 Å². The molecule has 0 atom stereocenters. The van der Waals surface area contributed by atoms with Crippen LogP contribution >= 0.6 is 11.6 Å². The zero-order valence-corrected chi connectivity index (χ0v) is 10.8. The SMILES string of the molecule is COc1ccc(Cl)cc1NC1=NCCCCC1. The number of ether oxygens (including phenoxy) is 1. The summed E-state index contributed by atoms with van der Waals surface area (Å²) >= 11 is 5.99. The van der Waals surface area contributed by atoms with Crippen LogP contribution in [0.5, 0.6) is 5.75 Å². The van der Waals surface area contributed by atoms with Crippen LogP contribution in [0.4, 0.5) is 5.69 Å². The zero-order chi connectivity index (χ0) is 12.1. The molecule has 0 fully saturated rings. The van der Waals surface area contributed by atoms with E-state index in [-0.39, 0.29) is 0 Å². The number of amidine groups is 1. The highest BCUT2D eigenvalue weighted by atomic mass is 35.5. The molecule has 0 saturated carbocycles. The van der Waals surface area contributed by atoms with Gasteiger partial charge in [0, 0.05) is 18.0 Å². The van der Waals surface area contributed by atoms with Gasteiger partial charge in [0.15, 0.2) is 0 Å². The highest BCUT2D eigenvalue weighted by Crippen LogP contribution is 2.28. The first-order valence-electron chi connectivity index (χ1n) is 5.93. The molecule has 1 aliphatic rings. The molecule has 0 amide bonds. The maximum Gasteiger partial charge on any atom is 0.142 e. The Morgan fingerprint density at radius 3 is 3.00 bits per heavy atom. The summed E-state index contributed by atoms with van der Waals surface area (Å²) in [6.07, 6.45) is 4.61. The third-order valence-corrected chi connectivity index (χ3v) is 3.05. The molecule has 0 spiro atoms. The molecule has 1 aliphatic heterocycles. The summed E-state index contributed by atoms with van der Waals surface area (Å²) in [6.45, 7) is 0.908. The smallest absolute Gasteiger partial charge is 0.142 e. The summed E-state index contributed by atoms with van der Waals surface area (Å²) in [5.74, 6) is 1.82. The number of aliphatic imine (C=N–C) groups is 1. The second kappa shape index (κ2) is 5.92. The predicted molar refractivity (Wildman–Crippen MR) is 72.4 cm³/mol. The van der Waals surface area contributed by atoms with Crippen LogP contribution in [-0.4, -0.2) is 19.5 Å². The van der Waals surface area contributed by atoms with Crippen LogP contribution in [0, 0.1) is 0 Å². The molecule has 4 heteroatoms. The van der Waals surface area contributed by atoms with Crippen molar-refractivity contribution in [3.05, 3.63) is 23.2 Å². The van der Waals surface area contributed by atoms with Crippen molar-refractivity contribution in [1.82, 2.24) is 0 Å². The van der Waals surface area contributed by atoms with Crippen molar-refractivity contribution < 1.29 is 4.74 Å². The molecule has 0 aliphatic carbocycles. The molecular formula is C13H17ClN2O. The monoisotopic (exact) mass is 252 g/mol. The van der Waals surface area contributed by atoms with Crippen LogP contribution in [0.3, 0.4) is 0 Å². The van der Waals surface area contributed by atoms with Gasteiger partial charge in [-0.1, -0.05) is 18.0 Å². The van der Waals surface area contributed by atoms with Gasteiger partial charge in [0.25, 0.3) is 0 Å². The minimum Gasteiger partial charge on any atom is -0.495 e. The van der Waals surface area contributed by atoms with E-state index in [0.717, 1.165) is 30.2 Å². The Morgan fingerprint density at radius 2 is 2.18 bits per heavy atom. The van der Waals surface area contributed by atoms with Crippen LogP contribution in [0.2, 0.25) is 5.02 Å². The van der Waals surface area contributed by atoms with Gasteiger partial charge in [-0.3, -0.25) is 4.99 Å². The second-order valence-electron chi connectivity index (χ2n) is 4.11. The third-order valence-electron chi connectivity index (χ3n) is 2.81. The van der Waals surface area contributed by atoms with Crippen LogP contribution in [0.1, 0.15) is 25.7 Å². The number of rotatable bonds is 2. The van der Waals surface area contributed by atoms with Crippen molar-refractivity contribution in [3.63, 3.8) is 0 Å². The summed E-state index contributed by atoms with van der Waals surface area (Å²) in [5.41, 5.74) is 0.889. The lowest BCUT2D eigenvalue weighted by molar-refractivity contribution is 0.417. The average Bonchev–Trinajstić information content (AvgIpc) is 2.58. The van der Waals surface area contributed by atoms with Gasteiger partial charge in [-0.15, -0.1) is 0 Å². The molecule has 92 valence electrons. The molecule has 2 rings (SSSR count). The molecule has 0 radical (unpaired) electrons. The van der Waals surface area contributed by atoms with Gasteiger partial charge in [-0.25, -0.2) is 0 Å². The standard InChI is InChI=1S/C13H17ClN2O/c1-17-12-7-6-10(14)9-11(12)16-13-5-3-2-4-8-15-13/h6-7,9H,2-5,8H2,1H3,(H,15,16). The van der Waals surface area contributed by atoms with Gasteiger partial charge in [0.05, 0.1) is 12.8 Å². The van der Waals surface area contributed by atoms with E-state index in [9.17, 15) is 0 Å². The maximum atomic E-state index is 5.99. The zero-order valence-electron chi connectivity index (χ0n) is 10.0. The largest absolute Gasteiger partial charge is 0.495 e. The highest BCUT2D eigenvalue weighted by molar-refractivity contribution is 6.31. The Kier molecular flexibility index (Phi) is 4.26. The Balaban J connectivity index is 2.16. The van der Waals surface area contributed by atoms with Crippen molar-refractivity contribution in [2.75, 3.05) is 19.0 Å². The summed E-state index contributed by atoms with van der Waals surface area (Å²) in [7, 11) is 1.66. The topological polar surface area (TPSA) is 33.6 Å². The van der Waals surface area contributed by atoms with Crippen LogP contribution in [-0.2, 0) is 0 Å². The summed E-state index contributed by atoms with van der Waals surface area (Å²) in [5, 5.41) is 4.02. The van der Waals surface area contributed by atoms with E-state index in [0.29, 0.717) is 5.02 Å². The number of methoxy groups -OCH3 is 1. The van der Waals surface area contributed by atoms with E-state index >= 15 is 0 Å². The summed E-state index contributed by atoms with van der Waals surface area (Å²) in [6, 6.07) is 5.55. The van der Waals surface area contributed by atoms with Crippen LogP contribution < -0.4 is 10.1 Å². The van der Waals surface area contributed by atoms with Crippen molar-refractivity contribution in [1.29, 1.82) is 0 Å². The lowest BCUT2D eigenvalue weighted by Crippen LogP contribution is -2.12. The molecule has 1 heterocycles. The molecule has 0 unspecified atom stereocenters. The van der Waals surface area contributed by atoms with Gasteiger partial charge >= 0.3 is 0 Å². The second-order valence-corrected chi connectivity index (χ2v) is 4.55. The number of halogens is 1. The van der Waals surface area contributed by atoms with Crippen molar-refractivity contribution >= 4 is 23.1 Å². The summed E-state index contributed by atoms with van der Waals surface area (Å²) in [4.78, 5) is 4.53. The van der Waals surface area contributed by atoms with Crippen molar-refractivity contribution in [2.45, 2.75) is 25.7 Å². The normalized spacial score (nSPS) is 16.0. The van der Waals surface area contributed by atoms with Crippen LogP contribution in [0.15, 0.2) is 23.2 Å². The third kappa shape index (κ3) is 3.37. The van der Waals surface area contributed by atoms with Crippen LogP contribution in [0.25, 0.3) is 0 Å². The fourth-order valence-electron chi connectivity index (χ4n) is 1.91. The molecule has 1 aromatic rings. The predicted octanol–water partition coefficient (Wildman–Crippen LogP) is 3.73. The van der Waals surface area contributed by atoms with Crippen molar-refractivity contribution in [3.8, 4) is 5.75 Å². The molecule has 1 N–H and O–H groups in total. The Labute approximate surface area is 107 Å². The quantitative estimate of drug-likeness (QED) is 0.870. The molecule has 17 heavy (non-hydrogen) atoms. The fraction of sp³-hybridized carbons (Fsp3) is 0.462. The Bertz CT molecular complexity index is 418. The first-order chi connectivity index (χ1) is 8.29. The number of anilines is 1. The molecule has 1 aromatic carbocycles. The molecule has 3 nitrogen and oxygen atoms in total. The molecule has 0 bridgehead atoms. The van der Waals surface area contributed by atoms with Gasteiger partial charge in [0.1, 0.15) is 11.6 Å². The minimum absolute atomic E-state index is 0.697. The van der Waals surface area contributed by atoms with Gasteiger partial charge in [0.2, 0.25) is 0 Å². The number of benzene rings is 1. The Hall–Kier alpha value is -1.22. The lowest BCUT2D eigenvalue weighted by atomic mass is 10.2. The van der Waals surface area contributed by atoms with E-state index in [1.54, 1.807) is 7.11 Å². The molecule has 0 saturated heterocycles. The maximum absolute atomic E-state index is 5.99. The molecular weight excluding hydrogens is 236 g/mol. The van der Waals surface area contributed by atoms with E-state index < -0.39 is 0 Å². The fourth-order valence-corrected chi connectivity index (χ4v) is 2.08.